The van der Waals surface area contributed by atoms with E-state index in [0.717, 1.165) is 0 Å². The van der Waals surface area contributed by atoms with Crippen molar-refractivity contribution in [2.75, 3.05) is 0 Å². The lowest BCUT2D eigenvalue weighted by Gasteiger charge is -2.10. The predicted octanol–water partition coefficient (Wildman–Crippen LogP) is 2.09. The molecule has 0 unspecified atom stereocenters. The maximum atomic E-state index is 11.1. The van der Waals surface area contributed by atoms with Gasteiger partial charge in [0.15, 0.2) is 5.69 Å². The fourth-order valence-corrected chi connectivity index (χ4v) is 1.39. The number of nitrogens with zero attached hydrogens (tertiary/aromatic N) is 2. The van der Waals surface area contributed by atoms with Crippen molar-refractivity contribution >= 4 is 5.97 Å². The molecule has 16 heavy (non-hydrogen) atoms. The van der Waals surface area contributed by atoms with Gasteiger partial charge in [-0.1, -0.05) is 0 Å². The van der Waals surface area contributed by atoms with Crippen LogP contribution in [0.3, 0.4) is 0 Å². The van der Waals surface area contributed by atoms with Gasteiger partial charge >= 0.3 is 5.97 Å². The van der Waals surface area contributed by atoms with Crippen molar-refractivity contribution in [3.05, 3.63) is 17.5 Å². The number of hydrogen-bond acceptors (Lipinski definition) is 3. The zero-order chi connectivity index (χ0) is 12.3. The number of hydrogen-bond donors (Lipinski definition) is 1. The summed E-state index contributed by atoms with van der Waals surface area (Å²) in [6, 6.07) is 0.0268. The number of aromatic nitrogens is 2. The van der Waals surface area contributed by atoms with Gasteiger partial charge in [0.2, 0.25) is 0 Å². The van der Waals surface area contributed by atoms with Crippen molar-refractivity contribution in [1.82, 2.24) is 9.78 Å². The van der Waals surface area contributed by atoms with Crippen molar-refractivity contribution < 1.29 is 14.6 Å². The molecule has 0 radical (unpaired) electrons. The molecular weight excluding hydrogens is 208 g/mol. The summed E-state index contributed by atoms with van der Waals surface area (Å²) in [6.45, 7) is 7.89. The van der Waals surface area contributed by atoms with E-state index in [1.54, 1.807) is 6.20 Å². The van der Waals surface area contributed by atoms with Crippen molar-refractivity contribution in [3.8, 4) is 0 Å². The summed E-state index contributed by atoms with van der Waals surface area (Å²) in [6.07, 6.45) is 1.63. The average Bonchev–Trinajstić information content (AvgIpc) is 2.57. The highest BCUT2D eigenvalue weighted by atomic mass is 16.5. The maximum Gasteiger partial charge on any atom is 0.354 e. The zero-order valence-electron chi connectivity index (χ0n) is 10.1. The van der Waals surface area contributed by atoms with E-state index in [0.29, 0.717) is 5.56 Å². The normalized spacial score (nSPS) is 11.4. The average molecular weight is 226 g/mol. The summed E-state index contributed by atoms with van der Waals surface area (Å²) in [4.78, 5) is 11.1. The summed E-state index contributed by atoms with van der Waals surface area (Å²) in [5.41, 5.74) is 0.838. The van der Waals surface area contributed by atoms with Crippen molar-refractivity contribution in [1.29, 1.82) is 0 Å². The second-order valence-electron chi connectivity index (χ2n) is 4.22. The van der Waals surface area contributed by atoms with E-state index in [9.17, 15) is 4.79 Å². The minimum atomic E-state index is -0.964. The lowest BCUT2D eigenvalue weighted by molar-refractivity contribution is 0.0597. The van der Waals surface area contributed by atoms with Crippen LogP contribution in [0.1, 0.15) is 49.8 Å². The fourth-order valence-electron chi connectivity index (χ4n) is 1.39. The highest BCUT2D eigenvalue weighted by Gasteiger charge is 2.19. The van der Waals surface area contributed by atoms with Gasteiger partial charge in [-0.05, 0) is 27.7 Å². The van der Waals surface area contributed by atoms with Gasteiger partial charge < -0.3 is 9.84 Å². The number of carboxylic acid groups (broad SMARTS) is 1. The van der Waals surface area contributed by atoms with Crippen LogP contribution in [0.15, 0.2) is 6.20 Å². The molecule has 90 valence electrons. The molecule has 1 aromatic rings. The van der Waals surface area contributed by atoms with Crippen LogP contribution in [0.4, 0.5) is 0 Å². The largest absolute Gasteiger partial charge is 0.477 e. The highest BCUT2D eigenvalue weighted by Crippen LogP contribution is 2.15. The third-order valence-corrected chi connectivity index (χ3v) is 2.14. The van der Waals surface area contributed by atoms with E-state index in [2.05, 4.69) is 5.10 Å². The molecule has 0 amide bonds. The summed E-state index contributed by atoms with van der Waals surface area (Å²) in [7, 11) is 0. The van der Waals surface area contributed by atoms with E-state index in [1.807, 2.05) is 27.7 Å². The molecule has 1 N–H and O–H groups in total. The topological polar surface area (TPSA) is 64.4 Å². The van der Waals surface area contributed by atoms with Crippen LogP contribution in [-0.2, 0) is 11.3 Å². The Balaban J connectivity index is 2.96. The molecular formula is C11H18N2O3. The molecule has 0 aliphatic heterocycles. The first-order valence-corrected chi connectivity index (χ1v) is 5.34. The SMILES string of the molecule is CC(C)OCc1cnn(C(C)C)c1C(=O)O. The van der Waals surface area contributed by atoms with Crippen LogP contribution in [0, 0.1) is 0 Å². The molecule has 1 rings (SSSR count). The number of aromatic carboxylic acids is 1. The first-order chi connectivity index (χ1) is 7.43. The molecule has 1 aromatic heterocycles. The van der Waals surface area contributed by atoms with Gasteiger partial charge in [-0.3, -0.25) is 4.68 Å². The monoisotopic (exact) mass is 226 g/mol. The van der Waals surface area contributed by atoms with Gasteiger partial charge in [-0.25, -0.2) is 4.79 Å². The van der Waals surface area contributed by atoms with Gasteiger partial charge in [0.25, 0.3) is 0 Å². The Bertz CT molecular complexity index is 369. The Morgan fingerprint density at radius 3 is 2.56 bits per heavy atom. The molecule has 0 aliphatic rings. The molecule has 0 fully saturated rings. The zero-order valence-corrected chi connectivity index (χ0v) is 10.1. The van der Waals surface area contributed by atoms with Crippen molar-refractivity contribution in [2.45, 2.75) is 46.4 Å². The molecule has 0 aromatic carbocycles. The van der Waals surface area contributed by atoms with Crippen molar-refractivity contribution in [2.24, 2.45) is 0 Å². The molecule has 5 heteroatoms. The standard InChI is InChI=1S/C11H18N2O3/c1-7(2)13-10(11(14)15)9(5-12-13)6-16-8(3)4/h5,7-8H,6H2,1-4H3,(H,14,15). The molecule has 0 aliphatic carbocycles. The van der Waals surface area contributed by atoms with E-state index in [1.165, 1.54) is 4.68 Å². The van der Waals surface area contributed by atoms with Gasteiger partial charge in [0.05, 0.1) is 18.9 Å². The lowest BCUT2D eigenvalue weighted by atomic mass is 10.2. The van der Waals surface area contributed by atoms with Gasteiger partial charge in [0.1, 0.15) is 0 Å². The maximum absolute atomic E-state index is 11.1. The molecule has 0 bridgehead atoms. The van der Waals surface area contributed by atoms with E-state index < -0.39 is 5.97 Å². The Morgan fingerprint density at radius 1 is 1.50 bits per heavy atom. The third-order valence-electron chi connectivity index (χ3n) is 2.14. The molecule has 0 atom stereocenters. The van der Waals surface area contributed by atoms with Gasteiger partial charge in [-0.2, -0.15) is 5.10 Å². The lowest BCUT2D eigenvalue weighted by Crippen LogP contribution is -2.14. The first kappa shape index (κ1) is 12.7. The van der Waals surface area contributed by atoms with Gasteiger partial charge in [0, 0.05) is 11.6 Å². The molecule has 0 saturated carbocycles. The van der Waals surface area contributed by atoms with Crippen LogP contribution in [-0.4, -0.2) is 27.0 Å². The van der Waals surface area contributed by atoms with Crippen LogP contribution < -0.4 is 0 Å². The number of carbonyl (C=O) groups is 1. The fraction of sp³-hybridized carbons (Fsp3) is 0.636. The molecule has 0 spiro atoms. The Morgan fingerprint density at radius 2 is 2.12 bits per heavy atom. The summed E-state index contributed by atoms with van der Waals surface area (Å²) in [5.74, 6) is -0.964. The van der Waals surface area contributed by atoms with E-state index >= 15 is 0 Å². The molecule has 1 heterocycles. The summed E-state index contributed by atoms with van der Waals surface area (Å²) >= 11 is 0. The van der Waals surface area contributed by atoms with Crippen LogP contribution in [0.25, 0.3) is 0 Å². The second-order valence-corrected chi connectivity index (χ2v) is 4.22. The summed E-state index contributed by atoms with van der Waals surface area (Å²) in [5, 5.41) is 13.2. The minimum Gasteiger partial charge on any atom is -0.477 e. The van der Waals surface area contributed by atoms with Crippen molar-refractivity contribution in [3.63, 3.8) is 0 Å². The third kappa shape index (κ3) is 2.82. The van der Waals surface area contributed by atoms with E-state index in [4.69, 9.17) is 9.84 Å². The number of ether oxygens (including phenoxy) is 1. The van der Waals surface area contributed by atoms with Gasteiger partial charge in [-0.15, -0.1) is 0 Å². The predicted molar refractivity (Wildman–Crippen MR) is 59.5 cm³/mol. The smallest absolute Gasteiger partial charge is 0.354 e. The quantitative estimate of drug-likeness (QED) is 0.834. The highest BCUT2D eigenvalue weighted by molar-refractivity contribution is 5.87. The second kappa shape index (κ2) is 5.12. The van der Waals surface area contributed by atoms with E-state index in [-0.39, 0.29) is 24.4 Å². The van der Waals surface area contributed by atoms with Crippen LogP contribution in [0.5, 0.6) is 0 Å². The number of rotatable bonds is 5. The first-order valence-electron chi connectivity index (χ1n) is 5.34. The Kier molecular flexibility index (Phi) is 4.06. The number of carboxylic acids is 1. The molecule has 0 saturated heterocycles. The Labute approximate surface area is 95.0 Å². The van der Waals surface area contributed by atoms with Crippen LogP contribution in [0.2, 0.25) is 0 Å². The molecule has 5 nitrogen and oxygen atoms in total. The van der Waals surface area contributed by atoms with Crippen LogP contribution >= 0.6 is 0 Å². The Hall–Kier alpha value is -1.36. The summed E-state index contributed by atoms with van der Waals surface area (Å²) < 4.78 is 6.90. The minimum absolute atomic E-state index is 0.0268.